The molecule has 1 unspecified atom stereocenters. The second-order valence-electron chi connectivity index (χ2n) is 2.88. The maximum absolute atomic E-state index is 9.73. The van der Waals surface area contributed by atoms with Crippen molar-refractivity contribution in [1.29, 1.82) is 0 Å². The number of ether oxygens (including phenoxy) is 1. The molecular formula is C6H11NO7. The maximum Gasteiger partial charge on any atom is 0.259 e. The topological polar surface area (TPSA) is 129 Å². The fourth-order valence-corrected chi connectivity index (χ4v) is 1.20. The van der Waals surface area contributed by atoms with Gasteiger partial charge in [0.1, 0.15) is 24.4 Å². The quantitative estimate of drug-likeness (QED) is 0.298. The Balaban J connectivity index is 2.67. The Morgan fingerprint density at radius 3 is 2.36 bits per heavy atom. The van der Waals surface area contributed by atoms with Crippen LogP contribution in [0, 0.1) is 4.91 Å². The molecule has 8 nitrogen and oxygen atoms in total. The smallest absolute Gasteiger partial charge is 0.259 e. The molecule has 1 rings (SSSR count). The van der Waals surface area contributed by atoms with E-state index in [-0.39, 0.29) is 0 Å². The SMILES string of the molecule is O=NOC1O[C@H](CO)[C@@H](O)[C@H](O)[C@H]1O. The Morgan fingerprint density at radius 2 is 1.86 bits per heavy atom. The van der Waals surface area contributed by atoms with Gasteiger partial charge >= 0.3 is 0 Å². The third-order valence-electron chi connectivity index (χ3n) is 2.00. The molecule has 0 aromatic heterocycles. The minimum absolute atomic E-state index is 0.580. The van der Waals surface area contributed by atoms with Crippen LogP contribution in [0.5, 0.6) is 0 Å². The molecule has 1 saturated heterocycles. The van der Waals surface area contributed by atoms with E-state index in [4.69, 9.17) is 9.84 Å². The number of hydrogen-bond acceptors (Lipinski definition) is 8. The molecular weight excluding hydrogens is 198 g/mol. The molecule has 1 fully saturated rings. The van der Waals surface area contributed by atoms with E-state index in [0.29, 0.717) is 0 Å². The van der Waals surface area contributed by atoms with E-state index in [0.717, 1.165) is 0 Å². The van der Waals surface area contributed by atoms with Crippen molar-refractivity contribution in [2.75, 3.05) is 6.61 Å². The van der Waals surface area contributed by atoms with E-state index in [2.05, 4.69) is 4.84 Å². The number of hydrogen-bond donors (Lipinski definition) is 4. The number of nitrogens with zero attached hydrogens (tertiary/aromatic N) is 1. The summed E-state index contributed by atoms with van der Waals surface area (Å²) in [5.41, 5.74) is 0. The minimum Gasteiger partial charge on any atom is -0.394 e. The number of aliphatic hydroxyl groups is 4. The summed E-state index contributed by atoms with van der Waals surface area (Å²) in [5.74, 6) is 0. The van der Waals surface area contributed by atoms with E-state index in [1.807, 2.05) is 5.34 Å². The molecule has 8 heteroatoms. The average Bonchev–Trinajstić information content (AvgIpc) is 2.19. The third kappa shape index (κ3) is 1.99. The van der Waals surface area contributed by atoms with Crippen LogP contribution in [0.2, 0.25) is 0 Å². The maximum atomic E-state index is 9.73. The molecule has 0 aromatic carbocycles. The lowest BCUT2D eigenvalue weighted by Gasteiger charge is -2.37. The average molecular weight is 209 g/mol. The lowest BCUT2D eigenvalue weighted by Crippen LogP contribution is -2.58. The Hall–Kier alpha value is -0.800. The van der Waals surface area contributed by atoms with Crippen molar-refractivity contribution >= 4 is 0 Å². The third-order valence-corrected chi connectivity index (χ3v) is 2.00. The van der Waals surface area contributed by atoms with Crippen LogP contribution < -0.4 is 0 Å². The summed E-state index contributed by atoms with van der Waals surface area (Å²) in [5, 5.41) is 38.4. The highest BCUT2D eigenvalue weighted by Crippen LogP contribution is 2.21. The Labute approximate surface area is 78.6 Å². The van der Waals surface area contributed by atoms with E-state index >= 15 is 0 Å². The van der Waals surface area contributed by atoms with Crippen molar-refractivity contribution < 1.29 is 30.0 Å². The molecule has 0 aromatic rings. The van der Waals surface area contributed by atoms with Gasteiger partial charge in [-0.15, -0.1) is 4.91 Å². The lowest BCUT2D eigenvalue weighted by molar-refractivity contribution is -0.302. The highest BCUT2D eigenvalue weighted by Gasteiger charge is 2.45. The summed E-state index contributed by atoms with van der Waals surface area (Å²) in [6, 6.07) is 0. The standard InChI is InChI=1S/C6H11NO7/c8-1-2-3(9)4(10)5(11)6(13-2)14-7-12/h2-6,8-11H,1H2/t2-,3-,4+,5-,6?/m1/s1. The first-order valence-corrected chi connectivity index (χ1v) is 3.90. The molecule has 1 aliphatic rings. The molecule has 5 atom stereocenters. The zero-order chi connectivity index (χ0) is 10.7. The zero-order valence-corrected chi connectivity index (χ0v) is 7.05. The predicted octanol–water partition coefficient (Wildman–Crippen LogP) is -2.52. The van der Waals surface area contributed by atoms with E-state index < -0.39 is 37.3 Å². The summed E-state index contributed by atoms with van der Waals surface area (Å²) in [6.07, 6.45) is -7.21. The zero-order valence-electron chi connectivity index (χ0n) is 7.05. The Kier molecular flexibility index (Phi) is 3.72. The summed E-state index contributed by atoms with van der Waals surface area (Å²) in [6.45, 7) is -0.580. The van der Waals surface area contributed by atoms with Crippen LogP contribution in [-0.2, 0) is 9.57 Å². The molecule has 4 N–H and O–H groups in total. The fourth-order valence-electron chi connectivity index (χ4n) is 1.20. The highest BCUT2D eigenvalue weighted by molar-refractivity contribution is 4.88. The summed E-state index contributed by atoms with van der Waals surface area (Å²) in [4.78, 5) is 13.8. The minimum atomic E-state index is -1.59. The summed E-state index contributed by atoms with van der Waals surface area (Å²) in [7, 11) is 0. The van der Waals surface area contributed by atoms with Gasteiger partial charge in [0.05, 0.1) is 6.61 Å². The van der Waals surface area contributed by atoms with Gasteiger partial charge in [-0.1, -0.05) is 0 Å². The molecule has 0 amide bonds. The van der Waals surface area contributed by atoms with Gasteiger partial charge in [0, 0.05) is 0 Å². The van der Waals surface area contributed by atoms with Crippen molar-refractivity contribution in [3.8, 4) is 0 Å². The predicted molar refractivity (Wildman–Crippen MR) is 40.6 cm³/mol. The van der Waals surface area contributed by atoms with Crippen LogP contribution in [0.3, 0.4) is 0 Å². The Morgan fingerprint density at radius 1 is 1.21 bits per heavy atom. The molecule has 0 spiro atoms. The fraction of sp³-hybridized carbons (Fsp3) is 1.00. The monoisotopic (exact) mass is 209 g/mol. The molecule has 1 aliphatic heterocycles. The van der Waals surface area contributed by atoms with E-state index in [9.17, 15) is 20.2 Å². The van der Waals surface area contributed by atoms with Crippen molar-refractivity contribution in [2.45, 2.75) is 30.7 Å². The first kappa shape index (κ1) is 11.3. The second-order valence-corrected chi connectivity index (χ2v) is 2.88. The van der Waals surface area contributed by atoms with Gasteiger partial charge in [-0.2, -0.15) is 0 Å². The largest absolute Gasteiger partial charge is 0.394 e. The molecule has 1 heterocycles. The van der Waals surface area contributed by atoms with Gasteiger partial charge in [0.15, 0.2) is 5.34 Å². The van der Waals surface area contributed by atoms with Crippen molar-refractivity contribution in [3.05, 3.63) is 4.91 Å². The van der Waals surface area contributed by atoms with Crippen LogP contribution in [0.4, 0.5) is 0 Å². The Bertz CT molecular complexity index is 199. The van der Waals surface area contributed by atoms with Gasteiger partial charge in [0.2, 0.25) is 0 Å². The molecule has 14 heavy (non-hydrogen) atoms. The highest BCUT2D eigenvalue weighted by atomic mass is 16.8. The van der Waals surface area contributed by atoms with E-state index in [1.54, 1.807) is 0 Å². The molecule has 82 valence electrons. The molecule has 0 bridgehead atoms. The van der Waals surface area contributed by atoms with Crippen LogP contribution in [-0.4, -0.2) is 57.7 Å². The van der Waals surface area contributed by atoms with Gasteiger partial charge < -0.3 is 30.0 Å². The summed E-state index contributed by atoms with van der Waals surface area (Å²) < 4.78 is 4.74. The first-order valence-electron chi connectivity index (χ1n) is 3.90. The van der Waals surface area contributed by atoms with Crippen molar-refractivity contribution in [3.63, 3.8) is 0 Å². The van der Waals surface area contributed by atoms with Gasteiger partial charge in [0.25, 0.3) is 6.29 Å². The molecule has 0 aliphatic carbocycles. The van der Waals surface area contributed by atoms with E-state index in [1.165, 1.54) is 0 Å². The van der Waals surface area contributed by atoms with Gasteiger partial charge in [-0.25, -0.2) is 0 Å². The number of aliphatic hydroxyl groups excluding tert-OH is 4. The van der Waals surface area contributed by atoms with Gasteiger partial charge in [-0.05, 0) is 0 Å². The van der Waals surface area contributed by atoms with Gasteiger partial charge in [-0.3, -0.25) is 0 Å². The lowest BCUT2D eigenvalue weighted by atomic mass is 9.99. The normalized spacial score (nSPS) is 43.3. The molecule has 0 radical (unpaired) electrons. The number of rotatable bonds is 3. The first-order chi connectivity index (χ1) is 6.61. The van der Waals surface area contributed by atoms with Crippen LogP contribution >= 0.6 is 0 Å². The van der Waals surface area contributed by atoms with Crippen LogP contribution in [0.15, 0.2) is 5.34 Å². The van der Waals surface area contributed by atoms with Crippen molar-refractivity contribution in [1.82, 2.24) is 0 Å². The van der Waals surface area contributed by atoms with Crippen molar-refractivity contribution in [2.24, 2.45) is 5.34 Å². The summed E-state index contributed by atoms with van der Waals surface area (Å²) >= 11 is 0. The molecule has 0 saturated carbocycles. The van der Waals surface area contributed by atoms with Crippen LogP contribution in [0.25, 0.3) is 0 Å². The second kappa shape index (κ2) is 4.62. The van der Waals surface area contributed by atoms with Crippen LogP contribution in [0.1, 0.15) is 0 Å².